The largest absolute Gasteiger partial charge is 0.355 e. The van der Waals surface area contributed by atoms with Crippen LogP contribution < -0.4 is 11.1 Å². The van der Waals surface area contributed by atoms with Gasteiger partial charge in [0, 0.05) is 25.6 Å². The molecular weight excluding hydrogens is 214 g/mol. The summed E-state index contributed by atoms with van der Waals surface area (Å²) in [6.07, 6.45) is 3.57. The van der Waals surface area contributed by atoms with Crippen molar-refractivity contribution in [3.8, 4) is 0 Å². The van der Waals surface area contributed by atoms with Gasteiger partial charge in [0.1, 0.15) is 0 Å². The Balaban J connectivity index is 3.49. The number of nitrogens with one attached hydrogen (secondary N) is 1. The first-order valence-corrected chi connectivity index (χ1v) is 6.84. The molecule has 4 heteroatoms. The Labute approximate surface area is 106 Å². The summed E-state index contributed by atoms with van der Waals surface area (Å²) in [6.45, 7) is 10.2. The maximum absolute atomic E-state index is 11.5. The number of nitrogens with zero attached hydrogens (tertiary/aromatic N) is 1. The predicted octanol–water partition coefficient (Wildman–Crippen LogP) is 1.35. The molecule has 0 saturated carbocycles. The molecule has 0 bridgehead atoms. The molecule has 0 aromatic rings. The van der Waals surface area contributed by atoms with Crippen LogP contribution in [0.3, 0.4) is 0 Å². The standard InChI is InChI=1S/C13H29N3O/c1-4-10-16(5-2)11-9-15-13(17)8-6-7-12(3)14/h12H,4-11,14H2,1-3H3,(H,15,17). The highest BCUT2D eigenvalue weighted by molar-refractivity contribution is 5.75. The van der Waals surface area contributed by atoms with E-state index >= 15 is 0 Å². The zero-order valence-electron chi connectivity index (χ0n) is 11.7. The number of hydrogen-bond acceptors (Lipinski definition) is 3. The molecule has 0 aliphatic heterocycles. The van der Waals surface area contributed by atoms with Crippen LogP contribution in [0.4, 0.5) is 0 Å². The van der Waals surface area contributed by atoms with E-state index in [2.05, 4.69) is 24.1 Å². The molecule has 0 radical (unpaired) electrons. The van der Waals surface area contributed by atoms with Gasteiger partial charge in [-0.1, -0.05) is 13.8 Å². The number of carbonyl (C=O) groups excluding carboxylic acids is 1. The average Bonchev–Trinajstić information content (AvgIpc) is 2.27. The van der Waals surface area contributed by atoms with Crippen LogP contribution in [0.15, 0.2) is 0 Å². The third kappa shape index (κ3) is 10.3. The van der Waals surface area contributed by atoms with Crippen molar-refractivity contribution in [3.05, 3.63) is 0 Å². The first kappa shape index (κ1) is 16.4. The molecule has 0 rings (SSSR count). The van der Waals surface area contributed by atoms with Crippen LogP contribution >= 0.6 is 0 Å². The lowest BCUT2D eigenvalue weighted by molar-refractivity contribution is -0.121. The Morgan fingerprint density at radius 3 is 2.59 bits per heavy atom. The minimum absolute atomic E-state index is 0.151. The Hall–Kier alpha value is -0.610. The molecule has 0 aliphatic rings. The van der Waals surface area contributed by atoms with Crippen molar-refractivity contribution in [1.29, 1.82) is 0 Å². The zero-order chi connectivity index (χ0) is 13.1. The van der Waals surface area contributed by atoms with Gasteiger partial charge < -0.3 is 16.0 Å². The summed E-state index contributed by atoms with van der Waals surface area (Å²) in [7, 11) is 0. The Morgan fingerprint density at radius 1 is 1.35 bits per heavy atom. The van der Waals surface area contributed by atoms with E-state index in [1.165, 1.54) is 0 Å². The number of amides is 1. The van der Waals surface area contributed by atoms with Crippen LogP contribution in [0.25, 0.3) is 0 Å². The third-order valence-corrected chi connectivity index (χ3v) is 2.80. The van der Waals surface area contributed by atoms with Gasteiger partial charge in [0.25, 0.3) is 0 Å². The molecule has 0 saturated heterocycles. The molecule has 0 aromatic carbocycles. The van der Waals surface area contributed by atoms with Crippen LogP contribution in [0.1, 0.15) is 46.5 Å². The van der Waals surface area contributed by atoms with Gasteiger partial charge in [-0.2, -0.15) is 0 Å². The Kier molecular flexibility index (Phi) is 10.2. The minimum Gasteiger partial charge on any atom is -0.355 e. The van der Waals surface area contributed by atoms with Gasteiger partial charge in [-0.3, -0.25) is 4.79 Å². The van der Waals surface area contributed by atoms with E-state index in [0.29, 0.717) is 6.42 Å². The minimum atomic E-state index is 0.151. The van der Waals surface area contributed by atoms with Crippen LogP contribution in [0.2, 0.25) is 0 Å². The summed E-state index contributed by atoms with van der Waals surface area (Å²) < 4.78 is 0. The Morgan fingerprint density at radius 2 is 2.06 bits per heavy atom. The molecule has 1 amide bonds. The fourth-order valence-electron chi connectivity index (χ4n) is 1.77. The topological polar surface area (TPSA) is 58.4 Å². The van der Waals surface area contributed by atoms with Crippen molar-refractivity contribution in [2.75, 3.05) is 26.2 Å². The van der Waals surface area contributed by atoms with Crippen LogP contribution in [0.5, 0.6) is 0 Å². The van der Waals surface area contributed by atoms with E-state index in [1.54, 1.807) is 0 Å². The highest BCUT2D eigenvalue weighted by Crippen LogP contribution is 1.98. The lowest BCUT2D eigenvalue weighted by atomic mass is 10.1. The molecular formula is C13H29N3O. The molecule has 3 N–H and O–H groups in total. The Bertz CT molecular complexity index is 195. The lowest BCUT2D eigenvalue weighted by Crippen LogP contribution is -2.35. The normalized spacial score (nSPS) is 12.8. The van der Waals surface area contributed by atoms with Gasteiger partial charge >= 0.3 is 0 Å². The zero-order valence-corrected chi connectivity index (χ0v) is 11.7. The van der Waals surface area contributed by atoms with Crippen molar-refractivity contribution >= 4 is 5.91 Å². The van der Waals surface area contributed by atoms with E-state index in [4.69, 9.17) is 5.73 Å². The van der Waals surface area contributed by atoms with Crippen molar-refractivity contribution in [2.45, 2.75) is 52.5 Å². The summed E-state index contributed by atoms with van der Waals surface area (Å²) in [5, 5.41) is 2.96. The van der Waals surface area contributed by atoms with Gasteiger partial charge in [-0.05, 0) is 39.3 Å². The quantitative estimate of drug-likeness (QED) is 0.609. The van der Waals surface area contributed by atoms with Crippen molar-refractivity contribution in [2.24, 2.45) is 5.73 Å². The molecule has 0 heterocycles. The second kappa shape index (κ2) is 10.5. The van der Waals surface area contributed by atoms with E-state index in [1.807, 2.05) is 6.92 Å². The molecule has 0 aromatic heterocycles. The number of hydrogen-bond donors (Lipinski definition) is 2. The SMILES string of the molecule is CCCN(CC)CCNC(=O)CCCC(C)N. The molecule has 102 valence electrons. The molecule has 0 aliphatic carbocycles. The van der Waals surface area contributed by atoms with E-state index in [0.717, 1.165) is 45.4 Å². The highest BCUT2D eigenvalue weighted by atomic mass is 16.1. The summed E-state index contributed by atoms with van der Waals surface area (Å²) in [5.74, 6) is 0.151. The van der Waals surface area contributed by atoms with Crippen molar-refractivity contribution in [1.82, 2.24) is 10.2 Å². The maximum atomic E-state index is 11.5. The fraction of sp³-hybridized carbons (Fsp3) is 0.923. The molecule has 1 unspecified atom stereocenters. The summed E-state index contributed by atoms with van der Waals surface area (Å²) in [5.41, 5.74) is 5.63. The number of rotatable bonds is 10. The smallest absolute Gasteiger partial charge is 0.220 e. The fourth-order valence-corrected chi connectivity index (χ4v) is 1.77. The second-order valence-corrected chi connectivity index (χ2v) is 4.65. The molecule has 0 fully saturated rings. The summed E-state index contributed by atoms with van der Waals surface area (Å²) in [4.78, 5) is 13.8. The van der Waals surface area contributed by atoms with Gasteiger partial charge in [-0.25, -0.2) is 0 Å². The molecule has 1 atom stereocenters. The van der Waals surface area contributed by atoms with Crippen molar-refractivity contribution < 1.29 is 4.79 Å². The van der Waals surface area contributed by atoms with Crippen LogP contribution in [-0.4, -0.2) is 43.0 Å². The van der Waals surface area contributed by atoms with E-state index in [9.17, 15) is 4.79 Å². The van der Waals surface area contributed by atoms with Crippen LogP contribution in [-0.2, 0) is 4.79 Å². The van der Waals surface area contributed by atoms with E-state index in [-0.39, 0.29) is 11.9 Å². The number of likely N-dealkylation sites (N-methyl/N-ethyl adjacent to an activating group) is 1. The third-order valence-electron chi connectivity index (χ3n) is 2.80. The van der Waals surface area contributed by atoms with Gasteiger partial charge in [0.15, 0.2) is 0 Å². The first-order valence-electron chi connectivity index (χ1n) is 6.84. The maximum Gasteiger partial charge on any atom is 0.220 e. The molecule has 17 heavy (non-hydrogen) atoms. The number of carbonyl (C=O) groups is 1. The predicted molar refractivity (Wildman–Crippen MR) is 72.9 cm³/mol. The monoisotopic (exact) mass is 243 g/mol. The average molecular weight is 243 g/mol. The second-order valence-electron chi connectivity index (χ2n) is 4.65. The van der Waals surface area contributed by atoms with E-state index < -0.39 is 0 Å². The van der Waals surface area contributed by atoms with Gasteiger partial charge in [0.05, 0.1) is 0 Å². The molecule has 0 spiro atoms. The first-order chi connectivity index (χ1) is 8.10. The van der Waals surface area contributed by atoms with Gasteiger partial charge in [0.2, 0.25) is 5.91 Å². The van der Waals surface area contributed by atoms with Gasteiger partial charge in [-0.15, -0.1) is 0 Å². The number of nitrogens with two attached hydrogens (primary N) is 1. The van der Waals surface area contributed by atoms with Crippen molar-refractivity contribution in [3.63, 3.8) is 0 Å². The molecule has 4 nitrogen and oxygen atoms in total. The van der Waals surface area contributed by atoms with Crippen LogP contribution in [0, 0.1) is 0 Å². The summed E-state index contributed by atoms with van der Waals surface area (Å²) >= 11 is 0. The lowest BCUT2D eigenvalue weighted by Gasteiger charge is -2.19. The highest BCUT2D eigenvalue weighted by Gasteiger charge is 2.04. The summed E-state index contributed by atoms with van der Waals surface area (Å²) in [6, 6.07) is 0.197.